The Balaban J connectivity index is 4.37. The Labute approximate surface area is 158 Å². The lowest BCUT2D eigenvalue weighted by Gasteiger charge is -2.20. The number of rotatable bonds is 12. The van der Waals surface area contributed by atoms with Crippen LogP contribution in [0.1, 0.15) is 33.6 Å². The van der Waals surface area contributed by atoms with Crippen molar-refractivity contribution in [1.82, 2.24) is 16.0 Å². The highest BCUT2D eigenvalue weighted by atomic mass is 32.2. The van der Waals surface area contributed by atoms with Gasteiger partial charge in [-0.15, -0.1) is 0 Å². The van der Waals surface area contributed by atoms with Crippen molar-refractivity contribution in [1.29, 1.82) is 0 Å². The molecule has 0 aromatic heterocycles. The van der Waals surface area contributed by atoms with Crippen LogP contribution in [0.25, 0.3) is 0 Å². The monoisotopic (exact) mass is 390 g/mol. The summed E-state index contributed by atoms with van der Waals surface area (Å²) in [4.78, 5) is 46.8. The number of aliphatic carboxylic acids is 1. The third kappa shape index (κ3) is 10.2. The minimum atomic E-state index is -1.13. The third-order valence-electron chi connectivity index (χ3n) is 3.49. The normalized spacial score (nSPS) is 14.2. The van der Waals surface area contributed by atoms with E-state index in [0.717, 1.165) is 5.75 Å². The molecular formula is C16H30N4O5S. The number of nitrogens with one attached hydrogen (secondary N) is 3. The summed E-state index contributed by atoms with van der Waals surface area (Å²) in [5.74, 6) is -1.90. The Morgan fingerprint density at radius 1 is 1.08 bits per heavy atom. The molecule has 0 aromatic rings. The van der Waals surface area contributed by atoms with Gasteiger partial charge in [-0.1, -0.05) is 13.8 Å². The lowest BCUT2D eigenvalue weighted by molar-refractivity contribution is -0.142. The van der Waals surface area contributed by atoms with Crippen molar-refractivity contribution in [3.8, 4) is 0 Å². The lowest BCUT2D eigenvalue weighted by Crippen LogP contribution is -2.52. The van der Waals surface area contributed by atoms with Crippen molar-refractivity contribution >= 4 is 35.5 Å². The van der Waals surface area contributed by atoms with E-state index in [0.29, 0.717) is 6.42 Å². The molecule has 150 valence electrons. The molecule has 0 aromatic carbocycles. The molecule has 0 saturated heterocycles. The van der Waals surface area contributed by atoms with Gasteiger partial charge < -0.3 is 26.8 Å². The van der Waals surface area contributed by atoms with Crippen LogP contribution in [-0.4, -0.2) is 65.5 Å². The molecule has 0 fully saturated rings. The summed E-state index contributed by atoms with van der Waals surface area (Å²) in [6.45, 7) is 4.82. The molecule has 3 unspecified atom stereocenters. The summed E-state index contributed by atoms with van der Waals surface area (Å²) in [6, 6.07) is -2.64. The van der Waals surface area contributed by atoms with Crippen molar-refractivity contribution in [3.05, 3.63) is 0 Å². The maximum atomic E-state index is 12.0. The highest BCUT2D eigenvalue weighted by molar-refractivity contribution is 7.98. The van der Waals surface area contributed by atoms with Gasteiger partial charge in [-0.05, 0) is 37.7 Å². The molecule has 26 heavy (non-hydrogen) atoms. The predicted molar refractivity (Wildman–Crippen MR) is 101 cm³/mol. The average Bonchev–Trinajstić information content (AvgIpc) is 2.55. The zero-order valence-corrected chi connectivity index (χ0v) is 16.5. The topological polar surface area (TPSA) is 151 Å². The largest absolute Gasteiger partial charge is 0.480 e. The number of hydrogen-bond acceptors (Lipinski definition) is 6. The van der Waals surface area contributed by atoms with Crippen molar-refractivity contribution in [2.24, 2.45) is 11.7 Å². The molecule has 0 heterocycles. The second-order valence-corrected chi connectivity index (χ2v) is 7.41. The lowest BCUT2D eigenvalue weighted by atomic mass is 10.0. The molecule has 9 nitrogen and oxygen atoms in total. The minimum Gasteiger partial charge on any atom is -0.480 e. The molecule has 3 atom stereocenters. The van der Waals surface area contributed by atoms with Gasteiger partial charge in [0.15, 0.2) is 0 Å². The molecule has 0 saturated carbocycles. The molecule has 0 aliphatic carbocycles. The Kier molecular flexibility index (Phi) is 11.7. The quantitative estimate of drug-likeness (QED) is 0.296. The van der Waals surface area contributed by atoms with Crippen LogP contribution in [0.3, 0.4) is 0 Å². The maximum absolute atomic E-state index is 12.0. The smallest absolute Gasteiger partial charge is 0.326 e. The van der Waals surface area contributed by atoms with Crippen LogP contribution in [0.15, 0.2) is 0 Å². The summed E-state index contributed by atoms with van der Waals surface area (Å²) < 4.78 is 0. The molecule has 6 N–H and O–H groups in total. The molecule has 3 amide bonds. The predicted octanol–water partition coefficient (Wildman–Crippen LogP) is -0.697. The fraction of sp³-hybridized carbons (Fsp3) is 0.750. The fourth-order valence-electron chi connectivity index (χ4n) is 2.02. The van der Waals surface area contributed by atoms with E-state index in [-0.39, 0.29) is 18.9 Å². The second kappa shape index (κ2) is 12.5. The van der Waals surface area contributed by atoms with E-state index in [4.69, 9.17) is 10.8 Å². The van der Waals surface area contributed by atoms with Crippen LogP contribution in [0, 0.1) is 5.92 Å². The van der Waals surface area contributed by atoms with E-state index in [9.17, 15) is 19.2 Å². The van der Waals surface area contributed by atoms with E-state index < -0.39 is 41.8 Å². The van der Waals surface area contributed by atoms with Crippen LogP contribution in [0.4, 0.5) is 0 Å². The molecule has 10 heteroatoms. The standard InChI is InChI=1S/C16H30N4O5S/c1-9(2)7-12(16(24)25)20-14(22)10(3)19-13(21)8-18-15(23)11(17)5-6-26-4/h9-12H,5-8,17H2,1-4H3,(H,18,23)(H,19,21)(H,20,22)(H,24,25). The van der Waals surface area contributed by atoms with E-state index in [2.05, 4.69) is 16.0 Å². The van der Waals surface area contributed by atoms with Crippen molar-refractivity contribution in [2.75, 3.05) is 18.6 Å². The number of nitrogens with two attached hydrogens (primary N) is 1. The van der Waals surface area contributed by atoms with Gasteiger partial charge in [0.05, 0.1) is 12.6 Å². The number of carbonyl (C=O) groups is 4. The minimum absolute atomic E-state index is 0.0897. The van der Waals surface area contributed by atoms with Crippen LogP contribution >= 0.6 is 11.8 Å². The fourth-order valence-corrected chi connectivity index (χ4v) is 2.51. The summed E-state index contributed by atoms with van der Waals surface area (Å²) in [5.41, 5.74) is 5.68. The number of hydrogen-bond donors (Lipinski definition) is 5. The SMILES string of the molecule is CSCCC(N)C(=O)NCC(=O)NC(C)C(=O)NC(CC(C)C)C(=O)O. The molecule has 0 spiro atoms. The average molecular weight is 391 g/mol. The third-order valence-corrected chi connectivity index (χ3v) is 4.13. The van der Waals surface area contributed by atoms with Crippen molar-refractivity contribution < 1.29 is 24.3 Å². The summed E-state index contributed by atoms with van der Waals surface area (Å²) >= 11 is 1.57. The molecular weight excluding hydrogens is 360 g/mol. The number of carboxylic acid groups (broad SMARTS) is 1. The molecule has 0 rings (SSSR count). The zero-order valence-electron chi connectivity index (χ0n) is 15.7. The Bertz CT molecular complexity index is 501. The molecule has 0 bridgehead atoms. The van der Waals surface area contributed by atoms with Crippen molar-refractivity contribution in [3.63, 3.8) is 0 Å². The van der Waals surface area contributed by atoms with Gasteiger partial charge in [-0.2, -0.15) is 11.8 Å². The van der Waals surface area contributed by atoms with E-state index in [1.165, 1.54) is 6.92 Å². The second-order valence-electron chi connectivity index (χ2n) is 6.42. The van der Waals surface area contributed by atoms with E-state index in [1.54, 1.807) is 11.8 Å². The van der Waals surface area contributed by atoms with Crippen LogP contribution < -0.4 is 21.7 Å². The van der Waals surface area contributed by atoms with Crippen molar-refractivity contribution in [2.45, 2.75) is 51.7 Å². The van der Waals surface area contributed by atoms with Gasteiger partial charge in [-0.3, -0.25) is 14.4 Å². The first-order chi connectivity index (χ1) is 12.1. The van der Waals surface area contributed by atoms with Crippen LogP contribution in [0.5, 0.6) is 0 Å². The van der Waals surface area contributed by atoms with Crippen LogP contribution in [0.2, 0.25) is 0 Å². The van der Waals surface area contributed by atoms with Gasteiger partial charge in [0.1, 0.15) is 12.1 Å². The number of carbonyl (C=O) groups excluding carboxylic acids is 3. The van der Waals surface area contributed by atoms with E-state index >= 15 is 0 Å². The van der Waals surface area contributed by atoms with Gasteiger partial charge in [0, 0.05) is 0 Å². The maximum Gasteiger partial charge on any atom is 0.326 e. The summed E-state index contributed by atoms with van der Waals surface area (Å²) in [7, 11) is 0. The number of amides is 3. The highest BCUT2D eigenvalue weighted by Gasteiger charge is 2.24. The first-order valence-electron chi connectivity index (χ1n) is 8.43. The van der Waals surface area contributed by atoms with Gasteiger partial charge in [0.25, 0.3) is 0 Å². The van der Waals surface area contributed by atoms with Gasteiger partial charge in [0.2, 0.25) is 17.7 Å². The first-order valence-corrected chi connectivity index (χ1v) is 9.82. The summed E-state index contributed by atoms with van der Waals surface area (Å²) in [5, 5.41) is 16.3. The Morgan fingerprint density at radius 2 is 1.69 bits per heavy atom. The molecule has 0 radical (unpaired) electrons. The van der Waals surface area contributed by atoms with Gasteiger partial charge >= 0.3 is 5.97 Å². The molecule has 0 aliphatic rings. The van der Waals surface area contributed by atoms with E-state index in [1.807, 2.05) is 20.1 Å². The molecule has 0 aliphatic heterocycles. The zero-order chi connectivity index (χ0) is 20.3. The Morgan fingerprint density at radius 3 is 2.19 bits per heavy atom. The number of thioether (sulfide) groups is 1. The highest BCUT2D eigenvalue weighted by Crippen LogP contribution is 2.05. The number of carboxylic acids is 1. The van der Waals surface area contributed by atoms with Crippen LogP contribution in [-0.2, 0) is 19.2 Å². The first kappa shape index (κ1) is 24.2. The summed E-state index contributed by atoms with van der Waals surface area (Å²) in [6.07, 6.45) is 2.69. The van der Waals surface area contributed by atoms with Gasteiger partial charge in [-0.25, -0.2) is 4.79 Å². The Hall–Kier alpha value is -1.81.